The van der Waals surface area contributed by atoms with Gasteiger partial charge >= 0.3 is 6.09 Å². The number of amides is 1. The summed E-state index contributed by atoms with van der Waals surface area (Å²) in [6.07, 6.45) is 0.845. The average molecular weight is 470 g/mol. The van der Waals surface area contributed by atoms with E-state index in [1.54, 1.807) is 18.1 Å². The normalized spacial score (nSPS) is 15.4. The molecule has 30 heavy (non-hydrogen) atoms. The molecule has 0 aliphatic carbocycles. The number of hydrogen-bond donors (Lipinski definition) is 0. The van der Waals surface area contributed by atoms with Crippen molar-refractivity contribution in [2.45, 2.75) is 25.5 Å². The van der Waals surface area contributed by atoms with Gasteiger partial charge in [-0.3, -0.25) is 4.90 Å². The van der Waals surface area contributed by atoms with Crippen molar-refractivity contribution < 1.29 is 18.7 Å². The fourth-order valence-corrected chi connectivity index (χ4v) is 4.10. The molecule has 1 amide bonds. The number of aryl methyl sites for hydroxylation is 1. The first kappa shape index (κ1) is 20.4. The smallest absolute Gasteiger partial charge is 0.415 e. The van der Waals surface area contributed by atoms with Gasteiger partial charge in [0.25, 0.3) is 0 Å². The number of halogens is 2. The Bertz CT molecular complexity index is 1060. The molecule has 1 heterocycles. The number of ether oxygens (including phenoxy) is 2. The van der Waals surface area contributed by atoms with E-state index < -0.39 is 6.09 Å². The topological polar surface area (TPSA) is 38.8 Å². The molecule has 0 spiro atoms. The van der Waals surface area contributed by atoms with E-state index in [4.69, 9.17) is 9.47 Å². The molecule has 0 bridgehead atoms. The number of hydrogen-bond acceptors (Lipinski definition) is 3. The molecule has 0 saturated heterocycles. The summed E-state index contributed by atoms with van der Waals surface area (Å²) in [4.78, 5) is 14.9. The maximum Gasteiger partial charge on any atom is 0.415 e. The summed E-state index contributed by atoms with van der Waals surface area (Å²) in [7, 11) is 1.61. The van der Waals surface area contributed by atoms with Crippen molar-refractivity contribution >= 4 is 27.7 Å². The molecule has 154 valence electrons. The van der Waals surface area contributed by atoms with E-state index in [1.807, 2.05) is 54.6 Å². The van der Waals surface area contributed by atoms with Crippen molar-refractivity contribution in [3.63, 3.8) is 0 Å². The van der Waals surface area contributed by atoms with Crippen molar-refractivity contribution in [2.24, 2.45) is 0 Å². The zero-order valence-corrected chi connectivity index (χ0v) is 18.1. The lowest BCUT2D eigenvalue weighted by molar-refractivity contribution is 0.143. The Balaban J connectivity index is 1.70. The number of carbonyl (C=O) groups is 1. The number of methoxy groups -OCH3 is 1. The summed E-state index contributed by atoms with van der Waals surface area (Å²) < 4.78 is 25.4. The second-order valence-corrected chi connectivity index (χ2v) is 7.99. The predicted octanol–water partition coefficient (Wildman–Crippen LogP) is 6.43. The first-order chi connectivity index (χ1) is 14.6. The number of rotatable bonds is 4. The predicted molar refractivity (Wildman–Crippen MR) is 117 cm³/mol. The summed E-state index contributed by atoms with van der Waals surface area (Å²) in [6, 6.07) is 20.1. The molecular formula is C24H21BrFNO3. The van der Waals surface area contributed by atoms with Gasteiger partial charge in [-0.05, 0) is 69.7 Å². The Hall–Kier alpha value is -2.86. The van der Waals surface area contributed by atoms with E-state index in [1.165, 1.54) is 6.07 Å². The van der Waals surface area contributed by atoms with Crippen LogP contribution in [0.2, 0.25) is 0 Å². The lowest BCUT2D eigenvalue weighted by Crippen LogP contribution is -2.39. The largest absolute Gasteiger partial charge is 0.497 e. The van der Waals surface area contributed by atoms with E-state index in [0.29, 0.717) is 23.0 Å². The molecule has 4 nitrogen and oxygen atoms in total. The Morgan fingerprint density at radius 1 is 1.13 bits per heavy atom. The van der Waals surface area contributed by atoms with Crippen LogP contribution >= 0.6 is 15.9 Å². The van der Waals surface area contributed by atoms with Crippen LogP contribution in [0.15, 0.2) is 71.2 Å². The molecule has 0 fully saturated rings. The zero-order valence-electron chi connectivity index (χ0n) is 16.5. The summed E-state index contributed by atoms with van der Waals surface area (Å²) in [5.41, 5.74) is 3.28. The van der Waals surface area contributed by atoms with Gasteiger partial charge < -0.3 is 9.47 Å². The van der Waals surface area contributed by atoms with Crippen LogP contribution in [0.25, 0.3) is 0 Å². The van der Waals surface area contributed by atoms with Crippen LogP contribution < -0.4 is 9.64 Å². The van der Waals surface area contributed by atoms with Crippen molar-refractivity contribution in [1.82, 2.24) is 0 Å². The standard InChI is InChI=1S/C24H21BrFNO3/c1-29-19-9-5-8-17(12-19)22-11-10-18-13-21(26)20(25)14-23(18)27(22)24(28)30-15-16-6-3-2-4-7-16/h2-9,12-14,22H,10-11,15H2,1H3. The second kappa shape index (κ2) is 8.88. The van der Waals surface area contributed by atoms with Gasteiger partial charge in [-0.2, -0.15) is 0 Å². The monoisotopic (exact) mass is 469 g/mol. The van der Waals surface area contributed by atoms with Gasteiger partial charge in [0.15, 0.2) is 0 Å². The van der Waals surface area contributed by atoms with Gasteiger partial charge in [-0.1, -0.05) is 42.5 Å². The first-order valence-electron chi connectivity index (χ1n) is 9.68. The zero-order chi connectivity index (χ0) is 21.1. The van der Waals surface area contributed by atoms with Gasteiger partial charge in [0.1, 0.15) is 18.2 Å². The van der Waals surface area contributed by atoms with Crippen LogP contribution in [0, 0.1) is 5.82 Å². The Labute approximate surface area is 183 Å². The quantitative estimate of drug-likeness (QED) is 0.441. The molecule has 3 aromatic carbocycles. The molecule has 1 unspecified atom stereocenters. The van der Waals surface area contributed by atoms with E-state index in [9.17, 15) is 9.18 Å². The molecule has 0 N–H and O–H groups in total. The SMILES string of the molecule is COc1cccc(C2CCc3cc(F)c(Br)cc3N2C(=O)OCc2ccccc2)c1. The van der Waals surface area contributed by atoms with E-state index >= 15 is 0 Å². The lowest BCUT2D eigenvalue weighted by atomic mass is 9.91. The Kier molecular flexibility index (Phi) is 6.04. The fraction of sp³-hybridized carbons (Fsp3) is 0.208. The Morgan fingerprint density at radius 2 is 1.93 bits per heavy atom. The van der Waals surface area contributed by atoms with Crippen LogP contribution in [0.1, 0.15) is 29.2 Å². The summed E-state index contributed by atoms with van der Waals surface area (Å²) in [5, 5.41) is 0. The highest BCUT2D eigenvalue weighted by Crippen LogP contribution is 2.41. The van der Waals surface area contributed by atoms with Gasteiger partial charge in [0, 0.05) is 0 Å². The minimum atomic E-state index is -0.467. The van der Waals surface area contributed by atoms with Crippen LogP contribution in [0.5, 0.6) is 5.75 Å². The van der Waals surface area contributed by atoms with Gasteiger partial charge in [-0.25, -0.2) is 9.18 Å². The van der Waals surface area contributed by atoms with Crippen molar-refractivity contribution in [2.75, 3.05) is 12.0 Å². The van der Waals surface area contributed by atoms with E-state index in [-0.39, 0.29) is 18.5 Å². The fourth-order valence-electron chi connectivity index (χ4n) is 3.77. The van der Waals surface area contributed by atoms with Crippen LogP contribution in [-0.2, 0) is 17.8 Å². The highest BCUT2D eigenvalue weighted by Gasteiger charge is 2.34. The maximum atomic E-state index is 14.1. The molecule has 0 aromatic heterocycles. The van der Waals surface area contributed by atoms with Crippen LogP contribution in [-0.4, -0.2) is 13.2 Å². The molecule has 1 atom stereocenters. The van der Waals surface area contributed by atoms with Crippen LogP contribution in [0.4, 0.5) is 14.9 Å². The summed E-state index contributed by atoms with van der Waals surface area (Å²) in [5.74, 6) is 0.377. The van der Waals surface area contributed by atoms with Crippen LogP contribution in [0.3, 0.4) is 0 Å². The highest BCUT2D eigenvalue weighted by molar-refractivity contribution is 9.10. The number of carbonyl (C=O) groups excluding carboxylic acids is 1. The average Bonchev–Trinajstić information content (AvgIpc) is 2.78. The Morgan fingerprint density at radius 3 is 2.70 bits per heavy atom. The number of nitrogens with zero attached hydrogens (tertiary/aromatic N) is 1. The number of fused-ring (bicyclic) bond motifs is 1. The first-order valence-corrected chi connectivity index (χ1v) is 10.5. The summed E-state index contributed by atoms with van der Waals surface area (Å²) in [6.45, 7) is 0.165. The molecule has 0 radical (unpaired) electrons. The number of benzene rings is 3. The molecule has 0 saturated carbocycles. The minimum absolute atomic E-state index is 0.165. The molecule has 4 rings (SSSR count). The molecule has 6 heteroatoms. The molecule has 3 aromatic rings. The van der Waals surface area contributed by atoms with Crippen molar-refractivity contribution in [1.29, 1.82) is 0 Å². The number of anilines is 1. The molecule has 1 aliphatic rings. The molecule has 1 aliphatic heterocycles. The van der Waals surface area contributed by atoms with Gasteiger partial charge in [0.05, 0.1) is 23.3 Å². The third kappa shape index (κ3) is 4.19. The highest BCUT2D eigenvalue weighted by atomic mass is 79.9. The molecular weight excluding hydrogens is 449 g/mol. The summed E-state index contributed by atoms with van der Waals surface area (Å²) >= 11 is 3.25. The second-order valence-electron chi connectivity index (χ2n) is 7.14. The third-order valence-electron chi connectivity index (χ3n) is 5.26. The van der Waals surface area contributed by atoms with E-state index in [2.05, 4.69) is 15.9 Å². The maximum absolute atomic E-state index is 14.1. The van der Waals surface area contributed by atoms with Crippen molar-refractivity contribution in [3.05, 3.63) is 93.7 Å². The third-order valence-corrected chi connectivity index (χ3v) is 5.87. The lowest BCUT2D eigenvalue weighted by Gasteiger charge is -2.37. The van der Waals surface area contributed by atoms with Gasteiger partial charge in [-0.15, -0.1) is 0 Å². The minimum Gasteiger partial charge on any atom is -0.497 e. The van der Waals surface area contributed by atoms with E-state index in [0.717, 1.165) is 22.4 Å². The van der Waals surface area contributed by atoms with Crippen molar-refractivity contribution in [3.8, 4) is 5.75 Å². The van der Waals surface area contributed by atoms with Gasteiger partial charge in [0.2, 0.25) is 0 Å².